The van der Waals surface area contributed by atoms with E-state index in [4.69, 9.17) is 37.9 Å². The van der Waals surface area contributed by atoms with Crippen molar-refractivity contribution < 1.29 is 95.2 Å². The maximum absolute atomic E-state index is 13.0. The summed E-state index contributed by atoms with van der Waals surface area (Å²) in [5, 5.41) is 0. The van der Waals surface area contributed by atoms with E-state index in [2.05, 4.69) is 32.1 Å². The summed E-state index contributed by atoms with van der Waals surface area (Å²) in [6.07, 6.45) is -5.39. The summed E-state index contributed by atoms with van der Waals surface area (Å²) in [7, 11) is 0. The van der Waals surface area contributed by atoms with Crippen LogP contribution in [0.25, 0.3) is 0 Å². The van der Waals surface area contributed by atoms with Gasteiger partial charge in [-0.3, -0.25) is 0 Å². The number of carbonyl (C=O) groups excluding carboxylic acids is 8. The van der Waals surface area contributed by atoms with Crippen LogP contribution in [0.1, 0.15) is 55.3 Å². The minimum absolute atomic E-state index is 0.0299. The fraction of sp³-hybridized carbons (Fsp3) is 0.217. The van der Waals surface area contributed by atoms with Gasteiger partial charge in [-0.05, 0) is 111 Å². The van der Waals surface area contributed by atoms with Crippen molar-refractivity contribution in [2.24, 2.45) is 0 Å². The molecule has 66 heavy (non-hydrogen) atoms. The molecule has 4 aromatic carbocycles. The Kier molecular flexibility index (Phi) is 15.6. The second kappa shape index (κ2) is 21.8. The summed E-state index contributed by atoms with van der Waals surface area (Å²) in [4.78, 5) is 97.8. The van der Waals surface area contributed by atoms with Crippen molar-refractivity contribution in [3.05, 3.63) is 144 Å². The normalized spacial score (nSPS) is 16.8. The Morgan fingerprint density at radius 2 is 0.727 bits per heavy atom. The highest BCUT2D eigenvalue weighted by atomic mass is 16.8. The Bertz CT molecular complexity index is 2320. The van der Waals surface area contributed by atoms with Gasteiger partial charge in [-0.2, -0.15) is 0 Å². The number of hydrogen-bond acceptors (Lipinski definition) is 20. The molecular weight excluding hydrogens is 872 g/mol. The lowest BCUT2D eigenvalue weighted by Gasteiger charge is -2.17. The van der Waals surface area contributed by atoms with Crippen LogP contribution in [0.2, 0.25) is 0 Å². The first-order chi connectivity index (χ1) is 31.6. The summed E-state index contributed by atoms with van der Waals surface area (Å²) in [6.45, 7) is 8.25. The van der Waals surface area contributed by atoms with Crippen LogP contribution < -0.4 is 18.9 Å². The lowest BCUT2D eigenvalue weighted by Crippen LogP contribution is -2.36. The first-order valence-electron chi connectivity index (χ1n) is 19.5. The molecule has 4 aromatic rings. The molecule has 0 aromatic heterocycles. The fourth-order valence-electron chi connectivity index (χ4n) is 5.77. The molecule has 0 N–H and O–H groups in total. The predicted molar refractivity (Wildman–Crippen MR) is 219 cm³/mol. The Balaban J connectivity index is 0.906. The van der Waals surface area contributed by atoms with E-state index < -0.39 is 86.1 Å². The van der Waals surface area contributed by atoms with Gasteiger partial charge in [-0.1, -0.05) is 13.2 Å². The Morgan fingerprint density at radius 1 is 0.439 bits per heavy atom. The number of carbonyl (C=O) groups is 8. The van der Waals surface area contributed by atoms with Crippen molar-refractivity contribution in [3.63, 3.8) is 0 Å². The van der Waals surface area contributed by atoms with Gasteiger partial charge in [0.05, 0.1) is 35.5 Å². The molecule has 0 saturated carbocycles. The van der Waals surface area contributed by atoms with Crippen LogP contribution in [0.15, 0.2) is 121 Å². The van der Waals surface area contributed by atoms with E-state index in [-0.39, 0.29) is 69.6 Å². The van der Waals surface area contributed by atoms with Crippen molar-refractivity contribution in [3.8, 4) is 23.0 Å². The summed E-state index contributed by atoms with van der Waals surface area (Å²) < 4.78 is 62.2. The largest absolute Gasteiger partial charge is 0.516 e. The van der Waals surface area contributed by atoms with Crippen LogP contribution in [-0.4, -0.2) is 99.3 Å². The summed E-state index contributed by atoms with van der Waals surface area (Å²) in [5.41, 5.74) is 0.760. The van der Waals surface area contributed by atoms with Crippen molar-refractivity contribution >= 4 is 48.1 Å². The van der Waals surface area contributed by atoms with Crippen LogP contribution in [0, 0.1) is 0 Å². The first-order valence-corrected chi connectivity index (χ1v) is 19.5. The van der Waals surface area contributed by atoms with E-state index in [1.165, 1.54) is 111 Å². The van der Waals surface area contributed by atoms with Gasteiger partial charge in [0, 0.05) is 11.1 Å². The van der Waals surface area contributed by atoms with Crippen molar-refractivity contribution in [2.45, 2.75) is 38.3 Å². The molecule has 0 bridgehead atoms. The number of ether oxygens (including phenoxy) is 12. The van der Waals surface area contributed by atoms with Gasteiger partial charge >= 0.3 is 48.1 Å². The summed E-state index contributed by atoms with van der Waals surface area (Å²) in [6, 6.07) is 21.8. The monoisotopic (exact) mass is 910 g/mol. The third-order valence-electron chi connectivity index (χ3n) is 9.09. The molecule has 2 fully saturated rings. The molecule has 0 radical (unpaired) electrons. The molecule has 2 saturated heterocycles. The Hall–Kier alpha value is -8.36. The van der Waals surface area contributed by atoms with Crippen LogP contribution >= 0.6 is 0 Å². The standard InChI is InChI=1S/C46H38O20/c1-25(2)39(47)57-23-59-45(53)63-33-17-9-27(10-18-33)41(49)61-31-13-5-29(6-14-31)43(51)65-35-21-55-38-36(22-56-37(35)38)66-44(52)30-7-15-32(16-8-30)62-42(50)28-11-19-34(20-12-28)64-46(54)60-24-58-40(48)26(3)4/h5-20,35-38H,1,3,21-24H2,2,4H3/t35-,36?,37+,38+/m0/s1. The van der Waals surface area contributed by atoms with E-state index in [1.54, 1.807) is 0 Å². The number of fused-ring (bicyclic) bond motifs is 1. The molecule has 2 aliphatic heterocycles. The lowest BCUT2D eigenvalue weighted by molar-refractivity contribution is -0.148. The van der Waals surface area contributed by atoms with Gasteiger partial charge in [0.25, 0.3) is 0 Å². The topological polar surface area (TPSA) is 247 Å². The minimum atomic E-state index is -1.14. The molecule has 0 spiro atoms. The van der Waals surface area contributed by atoms with Crippen LogP contribution in [0.5, 0.6) is 23.0 Å². The van der Waals surface area contributed by atoms with Gasteiger partial charge in [-0.15, -0.1) is 0 Å². The molecule has 342 valence electrons. The van der Waals surface area contributed by atoms with Gasteiger partial charge in [0.2, 0.25) is 13.6 Å². The number of hydrogen-bond donors (Lipinski definition) is 0. The Morgan fingerprint density at radius 3 is 1.03 bits per heavy atom. The highest BCUT2D eigenvalue weighted by Crippen LogP contribution is 2.32. The van der Waals surface area contributed by atoms with Gasteiger partial charge in [0.15, 0.2) is 12.2 Å². The van der Waals surface area contributed by atoms with Gasteiger partial charge in [0.1, 0.15) is 35.2 Å². The van der Waals surface area contributed by atoms with Crippen molar-refractivity contribution in [2.75, 3.05) is 26.8 Å². The minimum Gasteiger partial charge on any atom is -0.453 e. The quantitative estimate of drug-likeness (QED) is 0.0319. The molecule has 6 rings (SSSR count). The maximum atomic E-state index is 13.0. The predicted octanol–water partition coefficient (Wildman–Crippen LogP) is 5.86. The van der Waals surface area contributed by atoms with E-state index in [0.29, 0.717) is 0 Å². The summed E-state index contributed by atoms with van der Waals surface area (Å²) >= 11 is 0. The average molecular weight is 911 g/mol. The number of rotatable bonds is 16. The lowest BCUT2D eigenvalue weighted by atomic mass is 10.1. The SMILES string of the molecule is C=C(C)C(=O)OCOC(=O)Oc1ccc(C(=O)Oc2ccc(C(=O)OC3CO[C@@H]4[C@@H](OC(=O)c5ccc(OC(=O)c6ccc(OC(=O)OCOC(=O)C(=C)C)cc6)cc5)CO[C@H]34)cc2)cc1. The molecule has 2 heterocycles. The third-order valence-corrected chi connectivity index (χ3v) is 9.09. The second-order valence-electron chi connectivity index (χ2n) is 14.0. The van der Waals surface area contributed by atoms with Gasteiger partial charge in [-0.25, -0.2) is 38.4 Å². The number of benzene rings is 4. The van der Waals surface area contributed by atoms with E-state index in [9.17, 15) is 38.4 Å². The summed E-state index contributed by atoms with van der Waals surface area (Å²) in [5.74, 6) is -4.07. The first kappa shape index (κ1) is 47.1. The van der Waals surface area contributed by atoms with Crippen LogP contribution in [0.4, 0.5) is 9.59 Å². The zero-order valence-electron chi connectivity index (χ0n) is 35.0. The third kappa shape index (κ3) is 12.9. The fourth-order valence-corrected chi connectivity index (χ4v) is 5.77. The molecule has 1 unspecified atom stereocenters. The van der Waals surface area contributed by atoms with E-state index >= 15 is 0 Å². The smallest absolute Gasteiger partial charge is 0.453 e. The maximum Gasteiger partial charge on any atom is 0.516 e. The molecule has 4 atom stereocenters. The highest BCUT2D eigenvalue weighted by Gasteiger charge is 2.51. The zero-order chi connectivity index (χ0) is 47.3. The van der Waals surface area contributed by atoms with Gasteiger partial charge < -0.3 is 56.8 Å². The van der Waals surface area contributed by atoms with E-state index in [0.717, 1.165) is 0 Å². The highest BCUT2D eigenvalue weighted by molar-refractivity contribution is 5.93. The van der Waals surface area contributed by atoms with Crippen molar-refractivity contribution in [1.82, 2.24) is 0 Å². The molecular formula is C46H38O20. The second-order valence-corrected chi connectivity index (χ2v) is 14.0. The van der Waals surface area contributed by atoms with Crippen molar-refractivity contribution in [1.29, 1.82) is 0 Å². The Labute approximate surface area is 374 Å². The molecule has 20 heteroatoms. The zero-order valence-corrected chi connectivity index (χ0v) is 35.0. The number of esters is 6. The van der Waals surface area contributed by atoms with E-state index in [1.807, 2.05) is 0 Å². The van der Waals surface area contributed by atoms with Crippen LogP contribution in [-0.2, 0) is 47.5 Å². The molecule has 0 amide bonds. The average Bonchev–Trinajstić information content (AvgIpc) is 3.89. The molecule has 20 nitrogen and oxygen atoms in total. The van der Waals surface area contributed by atoms with Crippen LogP contribution in [0.3, 0.4) is 0 Å². The molecule has 0 aliphatic carbocycles. The molecule has 2 aliphatic rings.